The molecule has 2 nitrogen and oxygen atoms in total. The molecule has 0 aliphatic carbocycles. The van der Waals surface area contributed by atoms with Crippen LogP contribution in [0.25, 0.3) is 0 Å². The summed E-state index contributed by atoms with van der Waals surface area (Å²) in [4.78, 5) is 4.20. The van der Waals surface area contributed by atoms with Gasteiger partial charge in [0.25, 0.3) is 0 Å². The van der Waals surface area contributed by atoms with E-state index in [1.165, 1.54) is 0 Å². The first-order valence-electron chi connectivity index (χ1n) is 5.52. The summed E-state index contributed by atoms with van der Waals surface area (Å²) in [5.41, 5.74) is 2.01. The summed E-state index contributed by atoms with van der Waals surface area (Å²) in [6.07, 6.45) is 1.74. The SMILES string of the molecule is CC(OCc1cc(Cl)ccn1)c1ccccc1. The minimum atomic E-state index is 0.0528. The van der Waals surface area contributed by atoms with E-state index in [-0.39, 0.29) is 6.10 Å². The number of halogens is 1. The van der Waals surface area contributed by atoms with Crippen LogP contribution in [-0.2, 0) is 11.3 Å². The van der Waals surface area contributed by atoms with Crippen LogP contribution >= 0.6 is 11.6 Å². The van der Waals surface area contributed by atoms with Crippen LogP contribution in [-0.4, -0.2) is 4.98 Å². The first-order chi connectivity index (χ1) is 8.25. The highest BCUT2D eigenvalue weighted by atomic mass is 35.5. The number of rotatable bonds is 4. The summed E-state index contributed by atoms with van der Waals surface area (Å²) in [6, 6.07) is 13.7. The van der Waals surface area contributed by atoms with E-state index in [0.29, 0.717) is 11.6 Å². The zero-order valence-electron chi connectivity index (χ0n) is 9.64. The molecule has 1 aromatic heterocycles. The van der Waals surface area contributed by atoms with E-state index in [1.54, 1.807) is 12.3 Å². The van der Waals surface area contributed by atoms with Crippen molar-refractivity contribution in [3.8, 4) is 0 Å². The molecule has 1 heterocycles. The zero-order valence-corrected chi connectivity index (χ0v) is 10.4. The number of hydrogen-bond acceptors (Lipinski definition) is 2. The van der Waals surface area contributed by atoms with Crippen LogP contribution < -0.4 is 0 Å². The lowest BCUT2D eigenvalue weighted by atomic mass is 10.1. The standard InChI is InChI=1S/C14H14ClNO/c1-11(12-5-3-2-4-6-12)17-10-14-9-13(15)7-8-16-14/h2-9,11H,10H2,1H3. The highest BCUT2D eigenvalue weighted by molar-refractivity contribution is 6.30. The quantitative estimate of drug-likeness (QED) is 0.814. The van der Waals surface area contributed by atoms with E-state index in [4.69, 9.17) is 16.3 Å². The largest absolute Gasteiger partial charge is 0.368 e. The smallest absolute Gasteiger partial charge is 0.0896 e. The molecular formula is C14H14ClNO. The lowest BCUT2D eigenvalue weighted by Crippen LogP contribution is -2.01. The fourth-order valence-electron chi connectivity index (χ4n) is 1.56. The Morgan fingerprint density at radius 3 is 2.71 bits per heavy atom. The first kappa shape index (κ1) is 12.1. The van der Waals surface area contributed by atoms with Gasteiger partial charge in [-0.3, -0.25) is 4.98 Å². The fraction of sp³-hybridized carbons (Fsp3) is 0.214. The predicted octanol–water partition coefficient (Wildman–Crippen LogP) is 4.01. The summed E-state index contributed by atoms with van der Waals surface area (Å²) in [7, 11) is 0. The van der Waals surface area contributed by atoms with Gasteiger partial charge in [-0.2, -0.15) is 0 Å². The third-order valence-electron chi connectivity index (χ3n) is 2.53. The maximum atomic E-state index is 5.88. The Morgan fingerprint density at radius 1 is 1.24 bits per heavy atom. The van der Waals surface area contributed by atoms with Crippen molar-refractivity contribution >= 4 is 11.6 Å². The Morgan fingerprint density at radius 2 is 2.00 bits per heavy atom. The van der Waals surface area contributed by atoms with E-state index >= 15 is 0 Å². The van der Waals surface area contributed by atoms with Gasteiger partial charge in [0.1, 0.15) is 0 Å². The number of hydrogen-bond donors (Lipinski definition) is 0. The lowest BCUT2D eigenvalue weighted by molar-refractivity contribution is 0.0505. The van der Waals surface area contributed by atoms with Crippen molar-refractivity contribution in [3.63, 3.8) is 0 Å². The Hall–Kier alpha value is -1.38. The highest BCUT2D eigenvalue weighted by Crippen LogP contribution is 2.18. The Labute approximate surface area is 106 Å². The molecule has 0 radical (unpaired) electrons. The predicted molar refractivity (Wildman–Crippen MR) is 68.9 cm³/mol. The van der Waals surface area contributed by atoms with Gasteiger partial charge < -0.3 is 4.74 Å². The molecule has 88 valence electrons. The summed E-state index contributed by atoms with van der Waals surface area (Å²) >= 11 is 5.88. The number of pyridine rings is 1. The second-order valence-electron chi connectivity index (χ2n) is 3.83. The minimum absolute atomic E-state index is 0.0528. The van der Waals surface area contributed by atoms with Gasteiger partial charge in [0.2, 0.25) is 0 Å². The highest BCUT2D eigenvalue weighted by Gasteiger charge is 2.05. The molecule has 1 atom stereocenters. The van der Waals surface area contributed by atoms with E-state index in [2.05, 4.69) is 17.1 Å². The number of ether oxygens (including phenoxy) is 1. The molecule has 1 aromatic carbocycles. The third-order valence-corrected chi connectivity index (χ3v) is 2.76. The van der Waals surface area contributed by atoms with Crippen molar-refractivity contribution in [3.05, 3.63) is 64.9 Å². The molecule has 2 rings (SSSR count). The Kier molecular flexibility index (Phi) is 4.13. The van der Waals surface area contributed by atoms with Gasteiger partial charge in [0, 0.05) is 11.2 Å². The van der Waals surface area contributed by atoms with Gasteiger partial charge in [-0.1, -0.05) is 41.9 Å². The monoisotopic (exact) mass is 247 g/mol. The summed E-state index contributed by atoms with van der Waals surface area (Å²) in [5.74, 6) is 0. The summed E-state index contributed by atoms with van der Waals surface area (Å²) in [5, 5.41) is 0.686. The van der Waals surface area contributed by atoms with Crippen LogP contribution in [0.5, 0.6) is 0 Å². The van der Waals surface area contributed by atoms with Crippen molar-refractivity contribution in [1.82, 2.24) is 4.98 Å². The summed E-state index contributed by atoms with van der Waals surface area (Å²) < 4.78 is 5.75. The molecule has 0 N–H and O–H groups in total. The van der Waals surface area contributed by atoms with Crippen LogP contribution in [0.15, 0.2) is 48.7 Å². The molecule has 1 unspecified atom stereocenters. The van der Waals surface area contributed by atoms with Crippen molar-refractivity contribution < 1.29 is 4.74 Å². The van der Waals surface area contributed by atoms with E-state index in [1.807, 2.05) is 31.2 Å². The molecule has 0 saturated heterocycles. The van der Waals surface area contributed by atoms with Gasteiger partial charge in [0.15, 0.2) is 0 Å². The van der Waals surface area contributed by atoms with Crippen LogP contribution in [0.1, 0.15) is 24.3 Å². The number of benzene rings is 1. The van der Waals surface area contributed by atoms with E-state index < -0.39 is 0 Å². The minimum Gasteiger partial charge on any atom is -0.368 e. The van der Waals surface area contributed by atoms with E-state index in [9.17, 15) is 0 Å². The van der Waals surface area contributed by atoms with Crippen LogP contribution in [0.4, 0.5) is 0 Å². The number of aromatic nitrogens is 1. The maximum absolute atomic E-state index is 5.88. The van der Waals surface area contributed by atoms with Gasteiger partial charge in [0.05, 0.1) is 18.4 Å². The van der Waals surface area contributed by atoms with Gasteiger partial charge in [-0.25, -0.2) is 0 Å². The second-order valence-corrected chi connectivity index (χ2v) is 4.27. The third kappa shape index (κ3) is 3.55. The zero-order chi connectivity index (χ0) is 12.1. The van der Waals surface area contributed by atoms with Crippen molar-refractivity contribution in [2.24, 2.45) is 0 Å². The average Bonchev–Trinajstić information content (AvgIpc) is 2.37. The molecule has 3 heteroatoms. The molecular weight excluding hydrogens is 234 g/mol. The van der Waals surface area contributed by atoms with Crippen LogP contribution in [0.3, 0.4) is 0 Å². The Balaban J connectivity index is 1.95. The van der Waals surface area contributed by atoms with Gasteiger partial charge in [-0.05, 0) is 24.6 Å². The lowest BCUT2D eigenvalue weighted by Gasteiger charge is -2.13. The van der Waals surface area contributed by atoms with E-state index in [0.717, 1.165) is 11.3 Å². The summed E-state index contributed by atoms with van der Waals surface area (Å²) in [6.45, 7) is 2.50. The van der Waals surface area contributed by atoms with Gasteiger partial charge >= 0.3 is 0 Å². The molecule has 0 aliphatic rings. The average molecular weight is 248 g/mol. The van der Waals surface area contributed by atoms with Gasteiger partial charge in [-0.15, -0.1) is 0 Å². The topological polar surface area (TPSA) is 22.1 Å². The molecule has 2 aromatic rings. The second kappa shape index (κ2) is 5.80. The molecule has 0 aliphatic heterocycles. The number of nitrogens with zero attached hydrogens (tertiary/aromatic N) is 1. The molecule has 0 bridgehead atoms. The normalized spacial score (nSPS) is 12.4. The molecule has 0 fully saturated rings. The Bertz CT molecular complexity index is 473. The van der Waals surface area contributed by atoms with Crippen molar-refractivity contribution in [2.45, 2.75) is 19.6 Å². The molecule has 17 heavy (non-hydrogen) atoms. The van der Waals surface area contributed by atoms with Crippen LogP contribution in [0, 0.1) is 0 Å². The first-order valence-corrected chi connectivity index (χ1v) is 5.90. The fourth-order valence-corrected chi connectivity index (χ4v) is 1.74. The van der Waals surface area contributed by atoms with Crippen molar-refractivity contribution in [2.75, 3.05) is 0 Å². The van der Waals surface area contributed by atoms with Crippen LogP contribution in [0.2, 0.25) is 5.02 Å². The van der Waals surface area contributed by atoms with Crippen molar-refractivity contribution in [1.29, 1.82) is 0 Å². The molecule has 0 saturated carbocycles. The molecule has 0 amide bonds. The molecule has 0 spiro atoms. The maximum Gasteiger partial charge on any atom is 0.0896 e.